The number of rotatable bonds is 4. The number of likely N-dealkylation sites (N-methyl/N-ethyl adjacent to an activating group) is 1. The zero-order chi connectivity index (χ0) is 11.4. The number of hydrogen-bond acceptors (Lipinski definition) is 3. The van der Waals surface area contributed by atoms with Gasteiger partial charge < -0.3 is 21.1 Å². The van der Waals surface area contributed by atoms with Crippen molar-refractivity contribution in [1.29, 1.82) is 0 Å². The molecule has 0 aliphatic heterocycles. The monoisotopic (exact) mass is 203 g/mol. The molecule has 0 aromatic carbocycles. The molecule has 6 nitrogen and oxygen atoms in total. The molecule has 0 saturated heterocycles. The topological polar surface area (TPSA) is 95.7 Å². The molecule has 0 aromatic heterocycles. The number of carbonyl (C=O) groups is 2. The van der Waals surface area contributed by atoms with Gasteiger partial charge in [0.25, 0.3) is 0 Å². The van der Waals surface area contributed by atoms with E-state index in [-0.39, 0.29) is 0 Å². The molecular weight excluding hydrogens is 186 g/mol. The molecule has 0 bridgehead atoms. The average molecular weight is 203 g/mol. The van der Waals surface area contributed by atoms with Crippen LogP contribution in [-0.4, -0.2) is 47.7 Å². The van der Waals surface area contributed by atoms with Crippen LogP contribution in [0.5, 0.6) is 0 Å². The second-order valence-electron chi connectivity index (χ2n) is 3.44. The quantitative estimate of drug-likeness (QED) is 0.571. The number of carboxylic acids is 1. The van der Waals surface area contributed by atoms with Crippen LogP contribution in [0, 0.1) is 0 Å². The van der Waals surface area contributed by atoms with Crippen molar-refractivity contribution in [2.45, 2.75) is 19.4 Å². The Morgan fingerprint density at radius 3 is 2.36 bits per heavy atom. The molecule has 0 unspecified atom stereocenters. The Balaban J connectivity index is 4.37. The van der Waals surface area contributed by atoms with Crippen molar-refractivity contribution in [3.05, 3.63) is 0 Å². The van der Waals surface area contributed by atoms with E-state index in [0.717, 1.165) is 4.90 Å². The van der Waals surface area contributed by atoms with Crippen molar-refractivity contribution in [2.75, 3.05) is 20.1 Å². The number of carboxylic acid groups (broad SMARTS) is 1. The van der Waals surface area contributed by atoms with Crippen molar-refractivity contribution in [2.24, 2.45) is 5.73 Å². The molecule has 0 atom stereocenters. The van der Waals surface area contributed by atoms with Gasteiger partial charge in [-0.25, -0.2) is 9.59 Å². The van der Waals surface area contributed by atoms with Crippen LogP contribution in [0.25, 0.3) is 0 Å². The van der Waals surface area contributed by atoms with Gasteiger partial charge in [-0.3, -0.25) is 0 Å². The summed E-state index contributed by atoms with van der Waals surface area (Å²) in [5.74, 6) is -1.05. The maximum absolute atomic E-state index is 11.3. The number of amides is 2. The first-order chi connectivity index (χ1) is 6.34. The Bertz CT molecular complexity index is 228. The van der Waals surface area contributed by atoms with Crippen LogP contribution in [0.2, 0.25) is 0 Å². The fraction of sp³-hybridized carbons (Fsp3) is 0.750. The van der Waals surface area contributed by atoms with Crippen molar-refractivity contribution < 1.29 is 14.7 Å². The van der Waals surface area contributed by atoms with E-state index < -0.39 is 17.5 Å². The highest BCUT2D eigenvalue weighted by atomic mass is 16.4. The van der Waals surface area contributed by atoms with E-state index in [1.165, 1.54) is 20.9 Å². The maximum Gasteiger partial charge on any atom is 0.329 e. The van der Waals surface area contributed by atoms with Gasteiger partial charge in [-0.2, -0.15) is 0 Å². The molecule has 6 heteroatoms. The number of urea groups is 1. The summed E-state index contributed by atoms with van der Waals surface area (Å²) in [6.07, 6.45) is 0. The van der Waals surface area contributed by atoms with Crippen molar-refractivity contribution >= 4 is 12.0 Å². The molecule has 0 aromatic rings. The van der Waals surface area contributed by atoms with Crippen LogP contribution in [-0.2, 0) is 4.79 Å². The lowest BCUT2D eigenvalue weighted by Gasteiger charge is -2.31. The molecule has 14 heavy (non-hydrogen) atoms. The van der Waals surface area contributed by atoms with Crippen LogP contribution < -0.4 is 11.1 Å². The third kappa shape index (κ3) is 2.88. The van der Waals surface area contributed by atoms with E-state index in [0.29, 0.717) is 13.1 Å². The summed E-state index contributed by atoms with van der Waals surface area (Å²) in [7, 11) is 1.43. The van der Waals surface area contributed by atoms with Crippen molar-refractivity contribution in [3.8, 4) is 0 Å². The Labute approximate surface area is 83.1 Å². The number of aliphatic carboxylic acids is 1. The number of hydrogen-bond donors (Lipinski definition) is 3. The zero-order valence-corrected chi connectivity index (χ0v) is 8.70. The molecule has 0 fully saturated rings. The highest BCUT2D eigenvalue weighted by Crippen LogP contribution is 2.11. The van der Waals surface area contributed by atoms with Gasteiger partial charge in [-0.1, -0.05) is 0 Å². The molecule has 0 radical (unpaired) electrons. The maximum atomic E-state index is 11.3. The van der Waals surface area contributed by atoms with E-state index in [1.54, 1.807) is 0 Å². The van der Waals surface area contributed by atoms with Gasteiger partial charge >= 0.3 is 12.0 Å². The van der Waals surface area contributed by atoms with E-state index in [4.69, 9.17) is 10.8 Å². The first kappa shape index (κ1) is 12.7. The van der Waals surface area contributed by atoms with E-state index in [2.05, 4.69) is 5.32 Å². The van der Waals surface area contributed by atoms with Crippen LogP contribution >= 0.6 is 0 Å². The Morgan fingerprint density at radius 2 is 2.00 bits per heavy atom. The van der Waals surface area contributed by atoms with Crippen LogP contribution in [0.3, 0.4) is 0 Å². The minimum atomic E-state index is -1.22. The molecule has 0 rings (SSSR count). The van der Waals surface area contributed by atoms with Gasteiger partial charge in [-0.05, 0) is 13.8 Å². The first-order valence-electron chi connectivity index (χ1n) is 4.29. The standard InChI is InChI=1S/C8H17N3O3/c1-8(2,6(12)13)11(3)7(14)10-5-4-9/h4-5,9H2,1-3H3,(H,10,14)(H,12,13). The Morgan fingerprint density at radius 1 is 1.50 bits per heavy atom. The smallest absolute Gasteiger partial charge is 0.329 e. The first-order valence-corrected chi connectivity index (χ1v) is 4.29. The molecule has 0 aliphatic rings. The second-order valence-corrected chi connectivity index (χ2v) is 3.44. The van der Waals surface area contributed by atoms with Gasteiger partial charge in [0.05, 0.1) is 0 Å². The Hall–Kier alpha value is -1.30. The number of nitrogens with zero attached hydrogens (tertiary/aromatic N) is 1. The van der Waals surface area contributed by atoms with Gasteiger partial charge in [0, 0.05) is 20.1 Å². The third-order valence-corrected chi connectivity index (χ3v) is 2.09. The van der Waals surface area contributed by atoms with E-state index in [9.17, 15) is 9.59 Å². The highest BCUT2D eigenvalue weighted by molar-refractivity contribution is 5.85. The summed E-state index contributed by atoms with van der Waals surface area (Å²) in [4.78, 5) is 23.3. The molecule has 0 heterocycles. The van der Waals surface area contributed by atoms with Crippen LogP contribution in [0.1, 0.15) is 13.8 Å². The summed E-state index contributed by atoms with van der Waals surface area (Å²) in [5, 5.41) is 11.3. The summed E-state index contributed by atoms with van der Waals surface area (Å²) in [6, 6.07) is -0.442. The minimum Gasteiger partial charge on any atom is -0.480 e. The van der Waals surface area contributed by atoms with Crippen molar-refractivity contribution in [3.63, 3.8) is 0 Å². The summed E-state index contributed by atoms with van der Waals surface area (Å²) in [5.41, 5.74) is 3.97. The molecule has 82 valence electrons. The predicted molar refractivity (Wildman–Crippen MR) is 51.9 cm³/mol. The largest absolute Gasteiger partial charge is 0.480 e. The number of nitrogens with two attached hydrogens (primary N) is 1. The molecule has 2 amide bonds. The zero-order valence-electron chi connectivity index (χ0n) is 8.70. The van der Waals surface area contributed by atoms with E-state index in [1.807, 2.05) is 0 Å². The molecule has 4 N–H and O–H groups in total. The average Bonchev–Trinajstić information content (AvgIpc) is 2.12. The summed E-state index contributed by atoms with van der Waals surface area (Å²) < 4.78 is 0. The van der Waals surface area contributed by atoms with Gasteiger partial charge in [0.2, 0.25) is 0 Å². The molecule has 0 saturated carbocycles. The highest BCUT2D eigenvalue weighted by Gasteiger charge is 2.34. The molecule has 0 aliphatic carbocycles. The second kappa shape index (κ2) is 4.80. The fourth-order valence-corrected chi connectivity index (χ4v) is 0.695. The summed E-state index contributed by atoms with van der Waals surface area (Å²) in [6.45, 7) is 3.57. The van der Waals surface area contributed by atoms with Gasteiger partial charge in [0.15, 0.2) is 0 Å². The third-order valence-electron chi connectivity index (χ3n) is 2.09. The van der Waals surface area contributed by atoms with Crippen LogP contribution in [0.4, 0.5) is 4.79 Å². The fourth-order valence-electron chi connectivity index (χ4n) is 0.695. The van der Waals surface area contributed by atoms with Gasteiger partial charge in [-0.15, -0.1) is 0 Å². The minimum absolute atomic E-state index is 0.326. The lowest BCUT2D eigenvalue weighted by atomic mass is 10.1. The normalized spacial score (nSPS) is 10.9. The Kier molecular flexibility index (Phi) is 4.36. The summed E-state index contributed by atoms with van der Waals surface area (Å²) >= 11 is 0. The van der Waals surface area contributed by atoms with Gasteiger partial charge in [0.1, 0.15) is 5.54 Å². The lowest BCUT2D eigenvalue weighted by Crippen LogP contribution is -2.54. The lowest BCUT2D eigenvalue weighted by molar-refractivity contribution is -0.146. The SMILES string of the molecule is CN(C(=O)NCCN)C(C)(C)C(=O)O. The molecular formula is C8H17N3O3. The predicted octanol–water partition coefficient (Wildman–Crippen LogP) is -0.550. The van der Waals surface area contributed by atoms with Crippen LogP contribution in [0.15, 0.2) is 0 Å². The van der Waals surface area contributed by atoms with Crippen molar-refractivity contribution in [1.82, 2.24) is 10.2 Å². The molecule has 0 spiro atoms. The number of carbonyl (C=O) groups excluding carboxylic acids is 1. The van der Waals surface area contributed by atoms with E-state index >= 15 is 0 Å². The number of nitrogens with one attached hydrogen (secondary N) is 1.